The van der Waals surface area contributed by atoms with E-state index in [1.165, 1.54) is 31.2 Å². The lowest BCUT2D eigenvalue weighted by Crippen LogP contribution is -2.33. The third-order valence-corrected chi connectivity index (χ3v) is 3.39. The summed E-state index contributed by atoms with van der Waals surface area (Å²) in [6, 6.07) is 5.74. The second kappa shape index (κ2) is 7.85. The maximum Gasteiger partial charge on any atom is 0.338 e. The fourth-order valence-electron chi connectivity index (χ4n) is 2.07. The highest BCUT2D eigenvalue weighted by molar-refractivity contribution is 5.98. The van der Waals surface area contributed by atoms with Crippen LogP contribution in [0, 0.1) is 23.3 Å². The molecule has 9 heteroatoms. The Morgan fingerprint density at radius 1 is 1.12 bits per heavy atom. The highest BCUT2D eigenvalue weighted by Gasteiger charge is 2.26. The van der Waals surface area contributed by atoms with Crippen LogP contribution in [0.15, 0.2) is 30.3 Å². The summed E-state index contributed by atoms with van der Waals surface area (Å²) in [7, 11) is 0. The van der Waals surface area contributed by atoms with Gasteiger partial charge < -0.3 is 15.8 Å². The minimum Gasteiger partial charge on any atom is -0.449 e. The Morgan fingerprint density at radius 3 is 2.27 bits per heavy atom. The van der Waals surface area contributed by atoms with Crippen LogP contribution in [0.1, 0.15) is 23.7 Å². The first kappa shape index (κ1) is 19.2. The van der Waals surface area contributed by atoms with E-state index in [2.05, 4.69) is 0 Å². The third-order valence-electron chi connectivity index (χ3n) is 3.39. The first-order valence-corrected chi connectivity index (χ1v) is 7.45. The smallest absolute Gasteiger partial charge is 0.338 e. The molecule has 3 N–H and O–H groups in total. The van der Waals surface area contributed by atoms with Gasteiger partial charge in [0.1, 0.15) is 5.69 Å². The monoisotopic (exact) mass is 370 g/mol. The largest absolute Gasteiger partial charge is 0.449 e. The molecule has 0 aromatic heterocycles. The quantitative estimate of drug-likeness (QED) is 0.366. The lowest BCUT2D eigenvalue weighted by atomic mass is 10.2. The fourth-order valence-corrected chi connectivity index (χ4v) is 2.07. The van der Waals surface area contributed by atoms with Crippen molar-refractivity contribution < 1.29 is 31.9 Å². The average molecular weight is 370 g/mol. The van der Waals surface area contributed by atoms with E-state index in [9.17, 15) is 27.2 Å². The van der Waals surface area contributed by atoms with Gasteiger partial charge in [0.25, 0.3) is 5.91 Å². The van der Waals surface area contributed by atoms with Gasteiger partial charge in [0.2, 0.25) is 0 Å². The van der Waals surface area contributed by atoms with Gasteiger partial charge in [-0.1, -0.05) is 13.0 Å². The van der Waals surface area contributed by atoms with Crippen LogP contribution in [-0.2, 0) is 9.53 Å². The number of nitrogens with one attached hydrogen (secondary N) is 1. The van der Waals surface area contributed by atoms with Crippen LogP contribution in [0.3, 0.4) is 0 Å². The molecule has 0 fully saturated rings. The highest BCUT2D eigenvalue weighted by Crippen LogP contribution is 2.24. The summed E-state index contributed by atoms with van der Waals surface area (Å²) < 4.78 is 58.6. The molecule has 5 nitrogen and oxygen atoms in total. The van der Waals surface area contributed by atoms with Gasteiger partial charge in [-0.2, -0.15) is 0 Å². The van der Waals surface area contributed by atoms with Crippen molar-refractivity contribution in [1.82, 2.24) is 0 Å². The zero-order valence-electron chi connectivity index (χ0n) is 13.5. The number of halogens is 4. The van der Waals surface area contributed by atoms with Gasteiger partial charge in [-0.05, 0) is 24.6 Å². The first-order chi connectivity index (χ1) is 12.2. The van der Waals surface area contributed by atoms with Crippen molar-refractivity contribution in [3.05, 3.63) is 59.2 Å². The van der Waals surface area contributed by atoms with Crippen LogP contribution in [-0.4, -0.2) is 18.0 Å². The Balaban J connectivity index is 2.18. The Labute approximate surface area is 145 Å². The van der Waals surface area contributed by atoms with Gasteiger partial charge in [-0.15, -0.1) is 0 Å². The van der Waals surface area contributed by atoms with Crippen LogP contribution in [0.2, 0.25) is 0 Å². The van der Waals surface area contributed by atoms with Gasteiger partial charge in [0, 0.05) is 11.8 Å². The van der Waals surface area contributed by atoms with E-state index >= 15 is 0 Å². The van der Waals surface area contributed by atoms with Crippen LogP contribution in [0.25, 0.3) is 0 Å². The summed E-state index contributed by atoms with van der Waals surface area (Å²) in [5.41, 5.74) is 4.59. The van der Waals surface area contributed by atoms with E-state index in [1.807, 2.05) is 0 Å². The molecular formula is C17H14F4N2O3. The van der Waals surface area contributed by atoms with Crippen molar-refractivity contribution in [3.8, 4) is 0 Å². The summed E-state index contributed by atoms with van der Waals surface area (Å²) in [6.07, 6.45) is -1.50. The Hall–Kier alpha value is -3.10. The SMILES string of the molecule is CCC(OC(=O)c1cccc(N)c1)C(=O)Nc1c(F)c(F)cc(F)c1F. The van der Waals surface area contributed by atoms with Crippen molar-refractivity contribution in [2.24, 2.45) is 0 Å². The van der Waals surface area contributed by atoms with Crippen LogP contribution < -0.4 is 11.1 Å². The molecule has 0 spiro atoms. The van der Waals surface area contributed by atoms with Crippen molar-refractivity contribution in [1.29, 1.82) is 0 Å². The first-order valence-electron chi connectivity index (χ1n) is 7.45. The molecule has 1 unspecified atom stereocenters. The number of esters is 1. The molecule has 0 bridgehead atoms. The number of ether oxygens (including phenoxy) is 1. The molecule has 2 aromatic rings. The fraction of sp³-hybridized carbons (Fsp3) is 0.176. The Kier molecular flexibility index (Phi) is 5.81. The summed E-state index contributed by atoms with van der Waals surface area (Å²) >= 11 is 0. The number of amides is 1. The maximum absolute atomic E-state index is 13.6. The number of hydrogen-bond donors (Lipinski definition) is 2. The topological polar surface area (TPSA) is 81.4 Å². The summed E-state index contributed by atoms with van der Waals surface area (Å²) in [5.74, 6) is -8.94. The molecule has 1 amide bonds. The van der Waals surface area contributed by atoms with Gasteiger partial charge in [-0.25, -0.2) is 22.4 Å². The normalized spacial score (nSPS) is 11.7. The van der Waals surface area contributed by atoms with E-state index in [4.69, 9.17) is 10.5 Å². The predicted molar refractivity (Wildman–Crippen MR) is 85.3 cm³/mol. The van der Waals surface area contributed by atoms with Gasteiger partial charge >= 0.3 is 5.97 Å². The Bertz CT molecular complexity index is 832. The van der Waals surface area contributed by atoms with E-state index in [-0.39, 0.29) is 23.7 Å². The molecule has 26 heavy (non-hydrogen) atoms. The number of nitrogens with two attached hydrogens (primary N) is 1. The van der Waals surface area contributed by atoms with Gasteiger partial charge in [0.15, 0.2) is 29.4 Å². The van der Waals surface area contributed by atoms with Gasteiger partial charge in [-0.3, -0.25) is 4.79 Å². The third kappa shape index (κ3) is 4.11. The van der Waals surface area contributed by atoms with E-state index in [0.29, 0.717) is 0 Å². The van der Waals surface area contributed by atoms with E-state index < -0.39 is 46.9 Å². The summed E-state index contributed by atoms with van der Waals surface area (Å²) in [5, 5.41) is 1.71. The van der Waals surface area contributed by atoms with Crippen LogP contribution in [0.4, 0.5) is 28.9 Å². The van der Waals surface area contributed by atoms with Crippen molar-refractivity contribution >= 4 is 23.3 Å². The molecule has 0 radical (unpaired) electrons. The maximum atomic E-state index is 13.6. The van der Waals surface area contributed by atoms with Crippen molar-refractivity contribution in [3.63, 3.8) is 0 Å². The van der Waals surface area contributed by atoms with Crippen molar-refractivity contribution in [2.45, 2.75) is 19.4 Å². The lowest BCUT2D eigenvalue weighted by molar-refractivity contribution is -0.124. The number of carbonyl (C=O) groups excluding carboxylic acids is 2. The average Bonchev–Trinajstić information content (AvgIpc) is 2.61. The zero-order chi connectivity index (χ0) is 19.4. The molecular weight excluding hydrogens is 356 g/mol. The summed E-state index contributed by atoms with van der Waals surface area (Å²) in [4.78, 5) is 24.2. The Morgan fingerprint density at radius 2 is 1.73 bits per heavy atom. The standard InChI is InChI=1S/C17H14F4N2O3/c1-2-12(26-17(25)8-4-3-5-9(22)6-8)16(24)23-15-13(20)10(18)7-11(19)14(15)21/h3-7,12H,2,22H2,1H3,(H,23,24). The zero-order valence-corrected chi connectivity index (χ0v) is 13.5. The second-order valence-electron chi connectivity index (χ2n) is 5.26. The number of rotatable bonds is 5. The molecule has 1 atom stereocenters. The second-order valence-corrected chi connectivity index (χ2v) is 5.26. The number of hydrogen-bond acceptors (Lipinski definition) is 4. The molecule has 0 saturated heterocycles. The number of nitrogen functional groups attached to an aromatic ring is 1. The van der Waals surface area contributed by atoms with Crippen LogP contribution >= 0.6 is 0 Å². The van der Waals surface area contributed by atoms with E-state index in [1.54, 1.807) is 5.32 Å². The summed E-state index contributed by atoms with van der Waals surface area (Å²) in [6.45, 7) is 1.47. The minimum absolute atomic E-state index is 0.0114. The molecule has 2 rings (SSSR count). The lowest BCUT2D eigenvalue weighted by Gasteiger charge is -2.17. The molecule has 0 saturated carbocycles. The van der Waals surface area contributed by atoms with E-state index in [0.717, 1.165) is 0 Å². The minimum atomic E-state index is -1.77. The van der Waals surface area contributed by atoms with Crippen molar-refractivity contribution in [2.75, 3.05) is 11.1 Å². The van der Waals surface area contributed by atoms with Crippen LogP contribution in [0.5, 0.6) is 0 Å². The molecule has 2 aromatic carbocycles. The molecule has 0 aliphatic rings. The predicted octanol–water partition coefficient (Wildman–Crippen LogP) is 3.40. The molecule has 0 aliphatic carbocycles. The number of carbonyl (C=O) groups is 2. The molecule has 0 heterocycles. The highest BCUT2D eigenvalue weighted by atomic mass is 19.2. The number of anilines is 2. The van der Waals surface area contributed by atoms with Gasteiger partial charge in [0.05, 0.1) is 5.56 Å². The molecule has 138 valence electrons. The molecule has 0 aliphatic heterocycles. The number of benzene rings is 2.